The molecule has 0 aliphatic carbocycles. The van der Waals surface area contributed by atoms with Crippen LogP contribution in [-0.2, 0) is 17.2 Å². The fourth-order valence-corrected chi connectivity index (χ4v) is 1.39. The zero-order valence-corrected chi connectivity index (χ0v) is 9.70. The molecule has 0 N–H and O–H groups in total. The summed E-state index contributed by atoms with van der Waals surface area (Å²) in [5.41, 5.74) is 0.375. The molecule has 0 aliphatic heterocycles. The van der Waals surface area contributed by atoms with Crippen molar-refractivity contribution in [2.75, 3.05) is 5.75 Å². The lowest BCUT2D eigenvalue weighted by Gasteiger charge is -2.03. The molecule has 0 aliphatic rings. The van der Waals surface area contributed by atoms with E-state index in [9.17, 15) is 13.0 Å². The monoisotopic (exact) mass is 229 g/mol. The molecule has 0 amide bonds. The molecule has 0 fully saturated rings. The van der Waals surface area contributed by atoms with E-state index in [4.69, 9.17) is 0 Å². The third-order valence-corrected chi connectivity index (χ3v) is 2.13. The summed E-state index contributed by atoms with van der Waals surface area (Å²) in [5, 5.41) is 0. The lowest BCUT2D eigenvalue weighted by atomic mass is 10.4. The van der Waals surface area contributed by atoms with Gasteiger partial charge >= 0.3 is 0 Å². The molecule has 0 unspecified atom stereocenters. The summed E-state index contributed by atoms with van der Waals surface area (Å²) >= 11 is 0. The maximum Gasteiger partial charge on any atom is 0.168 e. The molecule has 0 radical (unpaired) electrons. The molecule has 1 aromatic heterocycles. The molecule has 0 atom stereocenters. The molecule has 5 heteroatoms. The van der Waals surface area contributed by atoms with Crippen LogP contribution in [0.25, 0.3) is 0 Å². The summed E-state index contributed by atoms with van der Waals surface area (Å²) in [6.45, 7) is 4.76. The summed E-state index contributed by atoms with van der Waals surface area (Å²) in [6, 6.07) is 6.00. The molecule has 4 nitrogen and oxygen atoms in total. The van der Waals surface area contributed by atoms with Crippen molar-refractivity contribution in [3.8, 4) is 0 Å². The standard InChI is InChI=1S/C6H8N.C4H8O3S/c1-7-5-3-2-4-6-7;1-4(2)3-8(5,6)7/h2-6H,1H3;1,3H2,2H3,(H,5,6,7)/q+1;/p-1. The van der Waals surface area contributed by atoms with E-state index in [1.54, 1.807) is 0 Å². The van der Waals surface area contributed by atoms with E-state index in [0.717, 1.165) is 0 Å². The van der Waals surface area contributed by atoms with Gasteiger partial charge in [0.25, 0.3) is 0 Å². The average Bonchev–Trinajstić information content (AvgIpc) is 2.01. The minimum Gasteiger partial charge on any atom is -0.748 e. The van der Waals surface area contributed by atoms with Gasteiger partial charge in [-0.3, -0.25) is 0 Å². The number of aryl methyl sites for hydroxylation is 1. The number of rotatable bonds is 2. The molecule has 1 rings (SSSR count). The van der Waals surface area contributed by atoms with Crippen LogP contribution in [0.15, 0.2) is 42.7 Å². The maximum absolute atomic E-state index is 9.83. The molecule has 84 valence electrons. The smallest absolute Gasteiger partial charge is 0.168 e. The first-order chi connectivity index (χ1) is 6.81. The average molecular weight is 229 g/mol. The third-order valence-electron chi connectivity index (χ3n) is 1.29. The Morgan fingerprint density at radius 2 is 1.80 bits per heavy atom. The quantitative estimate of drug-likeness (QED) is 0.424. The molecule has 0 bridgehead atoms. The van der Waals surface area contributed by atoms with Gasteiger partial charge in [0.1, 0.15) is 7.05 Å². The van der Waals surface area contributed by atoms with Gasteiger partial charge in [0.05, 0.1) is 15.9 Å². The van der Waals surface area contributed by atoms with E-state index >= 15 is 0 Å². The van der Waals surface area contributed by atoms with Crippen LogP contribution >= 0.6 is 0 Å². The van der Waals surface area contributed by atoms with Crippen molar-refractivity contribution in [1.29, 1.82) is 0 Å². The van der Waals surface area contributed by atoms with E-state index in [1.165, 1.54) is 6.92 Å². The van der Waals surface area contributed by atoms with Crippen LogP contribution in [0, 0.1) is 0 Å². The summed E-state index contributed by atoms with van der Waals surface area (Å²) in [5.74, 6) is -0.451. The fraction of sp³-hybridized carbons (Fsp3) is 0.300. The second-order valence-corrected chi connectivity index (χ2v) is 4.60. The molecule has 1 aromatic rings. The highest BCUT2D eigenvalue weighted by molar-refractivity contribution is 7.85. The van der Waals surface area contributed by atoms with Gasteiger partial charge in [-0.05, 0) is 6.92 Å². The molecule has 15 heavy (non-hydrogen) atoms. The van der Waals surface area contributed by atoms with Crippen LogP contribution in [0.4, 0.5) is 0 Å². The Morgan fingerprint density at radius 1 is 1.33 bits per heavy atom. The van der Waals surface area contributed by atoms with E-state index in [1.807, 2.05) is 42.2 Å². The van der Waals surface area contributed by atoms with Gasteiger partial charge in [-0.25, -0.2) is 13.0 Å². The van der Waals surface area contributed by atoms with Crippen LogP contribution < -0.4 is 4.57 Å². The highest BCUT2D eigenvalue weighted by atomic mass is 32.2. The summed E-state index contributed by atoms with van der Waals surface area (Å²) in [7, 11) is -2.07. The van der Waals surface area contributed by atoms with Crippen LogP contribution in [0.2, 0.25) is 0 Å². The molecule has 0 aromatic carbocycles. The Labute approximate surface area is 90.6 Å². The summed E-state index contributed by atoms with van der Waals surface area (Å²) in [4.78, 5) is 0. The van der Waals surface area contributed by atoms with E-state index in [0.29, 0.717) is 5.57 Å². The number of nitrogens with zero attached hydrogens (tertiary/aromatic N) is 1. The minimum atomic E-state index is -4.07. The SMILES string of the molecule is C=C(C)CS(=O)(=O)[O-].C[n+]1ccccc1. The Morgan fingerprint density at radius 3 is 1.93 bits per heavy atom. The molecule has 0 saturated carbocycles. The molecular weight excluding hydrogens is 214 g/mol. The Balaban J connectivity index is 0.000000262. The highest BCUT2D eigenvalue weighted by Gasteiger charge is 1.91. The van der Waals surface area contributed by atoms with Gasteiger partial charge in [-0.2, -0.15) is 0 Å². The molecular formula is C10H15NO3S. The second kappa shape index (κ2) is 6.31. The lowest BCUT2D eigenvalue weighted by Crippen LogP contribution is -2.25. The molecule has 1 heterocycles. The zero-order valence-electron chi connectivity index (χ0n) is 8.88. The normalized spacial score (nSPS) is 10.1. The van der Waals surface area contributed by atoms with Crippen molar-refractivity contribution in [1.82, 2.24) is 0 Å². The van der Waals surface area contributed by atoms with E-state index < -0.39 is 15.9 Å². The minimum absolute atomic E-state index is 0.375. The van der Waals surface area contributed by atoms with Crippen molar-refractivity contribution in [2.24, 2.45) is 7.05 Å². The lowest BCUT2D eigenvalue weighted by molar-refractivity contribution is -0.671. The second-order valence-electron chi connectivity index (χ2n) is 3.20. The van der Waals surface area contributed by atoms with E-state index in [-0.39, 0.29) is 0 Å². The van der Waals surface area contributed by atoms with Gasteiger partial charge < -0.3 is 4.55 Å². The highest BCUT2D eigenvalue weighted by Crippen LogP contribution is 1.91. The van der Waals surface area contributed by atoms with Crippen LogP contribution in [0.1, 0.15) is 6.92 Å². The Kier molecular flexibility index (Phi) is 5.81. The van der Waals surface area contributed by atoms with Crippen LogP contribution in [0.3, 0.4) is 0 Å². The summed E-state index contributed by atoms with van der Waals surface area (Å²) in [6.07, 6.45) is 4.00. The maximum atomic E-state index is 9.83. The predicted octanol–water partition coefficient (Wildman–Crippen LogP) is 0.619. The van der Waals surface area contributed by atoms with Gasteiger partial charge in [0.15, 0.2) is 12.4 Å². The van der Waals surface area contributed by atoms with E-state index in [2.05, 4.69) is 6.58 Å². The third kappa shape index (κ3) is 10.7. The van der Waals surface area contributed by atoms with Gasteiger partial charge in [-0.15, -0.1) is 0 Å². The number of hydrogen-bond acceptors (Lipinski definition) is 3. The first-order valence-corrected chi connectivity index (χ1v) is 5.87. The van der Waals surface area contributed by atoms with Gasteiger partial charge in [-0.1, -0.05) is 18.2 Å². The van der Waals surface area contributed by atoms with Crippen molar-refractivity contribution in [3.63, 3.8) is 0 Å². The van der Waals surface area contributed by atoms with Crippen LogP contribution in [0.5, 0.6) is 0 Å². The predicted molar refractivity (Wildman–Crippen MR) is 57.0 cm³/mol. The number of aromatic nitrogens is 1. The van der Waals surface area contributed by atoms with Gasteiger partial charge in [0, 0.05) is 12.1 Å². The number of hydrogen-bond donors (Lipinski definition) is 0. The number of pyridine rings is 1. The van der Waals surface area contributed by atoms with Crippen molar-refractivity contribution >= 4 is 10.1 Å². The van der Waals surface area contributed by atoms with Crippen LogP contribution in [-0.4, -0.2) is 18.7 Å². The first-order valence-electron chi connectivity index (χ1n) is 4.29. The fourth-order valence-electron chi connectivity index (χ4n) is 0.787. The topological polar surface area (TPSA) is 61.1 Å². The van der Waals surface area contributed by atoms with Crippen molar-refractivity contribution in [2.45, 2.75) is 6.92 Å². The Hall–Kier alpha value is -1.20. The Bertz CT molecular complexity index is 398. The zero-order chi connectivity index (χ0) is 11.9. The first kappa shape index (κ1) is 13.8. The van der Waals surface area contributed by atoms with Crippen molar-refractivity contribution in [3.05, 3.63) is 42.7 Å². The molecule has 0 spiro atoms. The van der Waals surface area contributed by atoms with Crippen molar-refractivity contribution < 1.29 is 17.5 Å². The molecule has 0 saturated heterocycles. The largest absolute Gasteiger partial charge is 0.748 e. The van der Waals surface area contributed by atoms with Gasteiger partial charge in [0.2, 0.25) is 0 Å². The summed E-state index contributed by atoms with van der Waals surface area (Å²) < 4.78 is 31.5.